The third-order valence-corrected chi connectivity index (χ3v) is 8.35. The molecule has 2 aliphatic rings. The Labute approximate surface area is 195 Å². The van der Waals surface area contributed by atoms with Crippen LogP contribution >= 0.6 is 0 Å². The van der Waals surface area contributed by atoms with Crippen molar-refractivity contribution in [2.24, 2.45) is 5.92 Å². The number of aromatic hydroxyl groups is 2. The Kier molecular flexibility index (Phi) is 4.92. The molecule has 2 N–H and O–H groups in total. The minimum absolute atomic E-state index is 0.0491. The molecule has 0 fully saturated rings. The second-order valence-electron chi connectivity index (χ2n) is 13.5. The summed E-state index contributed by atoms with van der Waals surface area (Å²) in [6.07, 6.45) is 2.13. The highest BCUT2D eigenvalue weighted by atomic mass is 16.3. The van der Waals surface area contributed by atoms with Crippen molar-refractivity contribution < 1.29 is 10.2 Å². The van der Waals surface area contributed by atoms with Crippen LogP contribution in [0.5, 0.6) is 11.5 Å². The van der Waals surface area contributed by atoms with Crippen molar-refractivity contribution in [3.05, 3.63) is 57.6 Å². The number of phenolic OH excluding ortho intramolecular Hbond substituents is 2. The molecule has 0 bridgehead atoms. The van der Waals surface area contributed by atoms with E-state index >= 15 is 0 Å². The first-order chi connectivity index (χ1) is 14.5. The molecule has 174 valence electrons. The predicted molar refractivity (Wildman–Crippen MR) is 134 cm³/mol. The van der Waals surface area contributed by atoms with Crippen molar-refractivity contribution in [1.29, 1.82) is 0 Å². The second kappa shape index (κ2) is 6.78. The molecule has 0 atom stereocenters. The molecule has 0 radical (unpaired) electrons. The van der Waals surface area contributed by atoms with Gasteiger partial charge < -0.3 is 10.2 Å². The van der Waals surface area contributed by atoms with Gasteiger partial charge in [-0.15, -0.1) is 0 Å². The molecule has 0 unspecified atom stereocenters. The van der Waals surface area contributed by atoms with Gasteiger partial charge >= 0.3 is 0 Å². The Morgan fingerprint density at radius 2 is 0.844 bits per heavy atom. The zero-order valence-corrected chi connectivity index (χ0v) is 21.8. The quantitative estimate of drug-likeness (QED) is 0.517. The average molecular weight is 435 g/mol. The minimum Gasteiger partial charge on any atom is -0.508 e. The number of rotatable bonds is 3. The van der Waals surface area contributed by atoms with E-state index in [1.54, 1.807) is 0 Å². The molecule has 2 aromatic carbocycles. The van der Waals surface area contributed by atoms with Gasteiger partial charge in [-0.1, -0.05) is 81.4 Å². The largest absolute Gasteiger partial charge is 0.508 e. The van der Waals surface area contributed by atoms with Crippen molar-refractivity contribution in [3.63, 3.8) is 0 Å². The number of fused-ring (bicyclic) bond motifs is 2. The van der Waals surface area contributed by atoms with Gasteiger partial charge in [0.15, 0.2) is 0 Å². The lowest BCUT2D eigenvalue weighted by atomic mass is 9.76. The van der Waals surface area contributed by atoms with Gasteiger partial charge in [-0.25, -0.2) is 0 Å². The standard InChI is InChI=1S/C30H42O2/c1-17(2)26(18-11-20-22(13-24(18)31)29(7,8)15-27(20,3)4)19-12-21-23(14-25(19)32)30(9,10)16-28(21,5)6/h11-14,17,26,31-32H,15-16H2,1-10H3. The van der Waals surface area contributed by atoms with Crippen LogP contribution in [0, 0.1) is 5.92 Å². The zero-order chi connectivity index (χ0) is 24.0. The van der Waals surface area contributed by atoms with Crippen LogP contribution in [0.15, 0.2) is 24.3 Å². The Morgan fingerprint density at radius 3 is 1.12 bits per heavy atom. The van der Waals surface area contributed by atoms with Crippen LogP contribution in [0.2, 0.25) is 0 Å². The van der Waals surface area contributed by atoms with E-state index in [1.807, 2.05) is 12.1 Å². The first-order valence-electron chi connectivity index (χ1n) is 12.2. The summed E-state index contributed by atoms with van der Waals surface area (Å²) >= 11 is 0. The summed E-state index contributed by atoms with van der Waals surface area (Å²) in [6.45, 7) is 22.7. The summed E-state index contributed by atoms with van der Waals surface area (Å²) in [7, 11) is 0. The van der Waals surface area contributed by atoms with Gasteiger partial charge in [0.25, 0.3) is 0 Å². The SMILES string of the molecule is CC(C)C(c1cc2c(cc1O)C(C)(C)CC2(C)C)c1cc2c(cc1O)C(C)(C)CC2(C)C. The molecular weight excluding hydrogens is 392 g/mol. The maximum atomic E-state index is 11.2. The lowest BCUT2D eigenvalue weighted by Crippen LogP contribution is -2.18. The average Bonchev–Trinajstić information content (AvgIpc) is 2.90. The molecular formula is C30H42O2. The van der Waals surface area contributed by atoms with Crippen molar-refractivity contribution in [3.8, 4) is 11.5 Å². The molecule has 2 heteroatoms. The molecule has 2 nitrogen and oxygen atoms in total. The summed E-state index contributed by atoms with van der Waals surface area (Å²) < 4.78 is 0. The molecule has 0 saturated carbocycles. The van der Waals surface area contributed by atoms with Gasteiger partial charge in [0.05, 0.1) is 0 Å². The topological polar surface area (TPSA) is 40.5 Å². The fourth-order valence-corrected chi connectivity index (χ4v) is 7.42. The first kappa shape index (κ1) is 23.2. The van der Waals surface area contributed by atoms with Crippen molar-refractivity contribution in [2.45, 2.75) is 110 Å². The summed E-state index contributed by atoms with van der Waals surface area (Å²) in [6, 6.07) is 8.50. The lowest BCUT2D eigenvalue weighted by Gasteiger charge is -2.28. The maximum absolute atomic E-state index is 11.2. The van der Waals surface area contributed by atoms with E-state index < -0.39 is 0 Å². The molecule has 0 amide bonds. The summed E-state index contributed by atoms with van der Waals surface area (Å²) in [4.78, 5) is 0. The summed E-state index contributed by atoms with van der Waals surface area (Å²) in [5.41, 5.74) is 7.29. The lowest BCUT2D eigenvalue weighted by molar-refractivity contribution is 0.402. The second-order valence-corrected chi connectivity index (χ2v) is 13.5. The van der Waals surface area contributed by atoms with Crippen LogP contribution in [0.25, 0.3) is 0 Å². The van der Waals surface area contributed by atoms with E-state index in [-0.39, 0.29) is 33.5 Å². The van der Waals surface area contributed by atoms with E-state index in [2.05, 4.69) is 81.4 Å². The molecule has 0 aliphatic heterocycles. The molecule has 2 aliphatic carbocycles. The van der Waals surface area contributed by atoms with Crippen LogP contribution in [0.4, 0.5) is 0 Å². The van der Waals surface area contributed by atoms with Crippen molar-refractivity contribution >= 4 is 0 Å². The van der Waals surface area contributed by atoms with Crippen LogP contribution in [0.1, 0.15) is 121 Å². The minimum atomic E-state index is -0.0652. The number of benzene rings is 2. The Morgan fingerprint density at radius 1 is 0.562 bits per heavy atom. The third-order valence-electron chi connectivity index (χ3n) is 8.35. The van der Waals surface area contributed by atoms with Gasteiger partial charge in [0.1, 0.15) is 11.5 Å². The van der Waals surface area contributed by atoms with E-state index in [9.17, 15) is 10.2 Å². The van der Waals surface area contributed by atoms with Crippen molar-refractivity contribution in [1.82, 2.24) is 0 Å². The number of hydrogen-bond acceptors (Lipinski definition) is 2. The highest BCUT2D eigenvalue weighted by Gasteiger charge is 2.45. The predicted octanol–water partition coefficient (Wildman–Crippen LogP) is 7.80. The van der Waals surface area contributed by atoms with E-state index in [0.29, 0.717) is 11.5 Å². The highest BCUT2D eigenvalue weighted by molar-refractivity contribution is 5.58. The smallest absolute Gasteiger partial charge is 0.119 e. The molecule has 4 rings (SSSR count). The Balaban J connectivity index is 1.93. The number of hydrogen-bond donors (Lipinski definition) is 2. The van der Waals surface area contributed by atoms with E-state index in [4.69, 9.17) is 0 Å². The molecule has 0 heterocycles. The van der Waals surface area contributed by atoms with Crippen LogP contribution < -0.4 is 0 Å². The van der Waals surface area contributed by atoms with E-state index in [1.165, 1.54) is 22.3 Å². The van der Waals surface area contributed by atoms with Crippen LogP contribution in [-0.4, -0.2) is 10.2 Å². The van der Waals surface area contributed by atoms with Crippen LogP contribution in [-0.2, 0) is 21.7 Å². The Hall–Kier alpha value is -1.96. The van der Waals surface area contributed by atoms with Gasteiger partial charge in [-0.3, -0.25) is 0 Å². The third kappa shape index (κ3) is 3.37. The fourth-order valence-electron chi connectivity index (χ4n) is 7.42. The highest BCUT2D eigenvalue weighted by Crippen LogP contribution is 2.55. The monoisotopic (exact) mass is 434 g/mol. The van der Waals surface area contributed by atoms with Gasteiger partial charge in [0.2, 0.25) is 0 Å². The normalized spacial score (nSPS) is 21.8. The first-order valence-corrected chi connectivity index (χ1v) is 12.2. The summed E-state index contributed by atoms with van der Waals surface area (Å²) in [5.74, 6) is 0.878. The molecule has 32 heavy (non-hydrogen) atoms. The molecule has 0 spiro atoms. The van der Waals surface area contributed by atoms with Crippen LogP contribution in [0.3, 0.4) is 0 Å². The fraction of sp³-hybridized carbons (Fsp3) is 0.600. The number of phenols is 2. The molecule has 0 aromatic heterocycles. The summed E-state index contributed by atoms with van der Waals surface area (Å²) in [5, 5.41) is 22.5. The molecule has 2 aromatic rings. The van der Waals surface area contributed by atoms with Gasteiger partial charge in [-0.05, 0) is 74.8 Å². The van der Waals surface area contributed by atoms with Crippen molar-refractivity contribution in [2.75, 3.05) is 0 Å². The zero-order valence-electron chi connectivity index (χ0n) is 21.8. The maximum Gasteiger partial charge on any atom is 0.119 e. The van der Waals surface area contributed by atoms with E-state index in [0.717, 1.165) is 24.0 Å². The van der Waals surface area contributed by atoms with Gasteiger partial charge in [0, 0.05) is 17.0 Å². The Bertz CT molecular complexity index is 999. The molecule has 0 saturated heterocycles. The van der Waals surface area contributed by atoms with Gasteiger partial charge in [-0.2, -0.15) is 0 Å².